The van der Waals surface area contributed by atoms with Crippen LogP contribution in [0.15, 0.2) is 18.2 Å². The highest BCUT2D eigenvalue weighted by Crippen LogP contribution is 2.22. The highest BCUT2D eigenvalue weighted by molar-refractivity contribution is 5.94. The summed E-state index contributed by atoms with van der Waals surface area (Å²) in [6.07, 6.45) is 2.45. The third-order valence-corrected chi connectivity index (χ3v) is 2.88. The van der Waals surface area contributed by atoms with E-state index in [-0.39, 0.29) is 11.6 Å². The summed E-state index contributed by atoms with van der Waals surface area (Å²) >= 11 is 0. The first kappa shape index (κ1) is 15.1. The molecule has 1 aromatic rings. The van der Waals surface area contributed by atoms with Gasteiger partial charge in [-0.1, -0.05) is 25.8 Å². The minimum Gasteiger partial charge on any atom is -0.324 e. The molecule has 0 aliphatic carbocycles. The summed E-state index contributed by atoms with van der Waals surface area (Å²) in [7, 11) is 0. The molecule has 0 heterocycles. The minimum atomic E-state index is -0.583. The van der Waals surface area contributed by atoms with Crippen LogP contribution >= 0.6 is 0 Å². The molecule has 0 aromatic heterocycles. The van der Waals surface area contributed by atoms with Gasteiger partial charge in [-0.2, -0.15) is 0 Å². The van der Waals surface area contributed by atoms with E-state index in [1.807, 2.05) is 6.92 Å². The zero-order chi connectivity index (χ0) is 14.4. The van der Waals surface area contributed by atoms with Gasteiger partial charge in [-0.25, -0.2) is 0 Å². The van der Waals surface area contributed by atoms with Crippen molar-refractivity contribution >= 4 is 17.3 Å². The van der Waals surface area contributed by atoms with Crippen LogP contribution in [-0.2, 0) is 4.79 Å². The van der Waals surface area contributed by atoms with Gasteiger partial charge in [-0.05, 0) is 19.4 Å². The Balaban J connectivity index is 2.74. The van der Waals surface area contributed by atoms with Crippen molar-refractivity contribution < 1.29 is 9.72 Å². The Bertz CT molecular complexity index is 474. The highest BCUT2D eigenvalue weighted by Gasteiger charge is 2.15. The molecule has 19 heavy (non-hydrogen) atoms. The Morgan fingerprint density at radius 1 is 1.53 bits per heavy atom. The molecule has 0 bridgehead atoms. The van der Waals surface area contributed by atoms with Crippen LogP contribution in [0.25, 0.3) is 0 Å². The fourth-order valence-corrected chi connectivity index (χ4v) is 1.67. The zero-order valence-electron chi connectivity index (χ0n) is 11.2. The van der Waals surface area contributed by atoms with Gasteiger partial charge in [0, 0.05) is 17.3 Å². The molecule has 3 N–H and O–H groups in total. The Hall–Kier alpha value is -1.95. The molecule has 1 atom stereocenters. The summed E-state index contributed by atoms with van der Waals surface area (Å²) in [4.78, 5) is 22.1. The smallest absolute Gasteiger partial charge is 0.274 e. The fourth-order valence-electron chi connectivity index (χ4n) is 1.67. The standard InChI is InChI=1S/C13H19N3O3/c1-3-4-5-11(14)13(17)15-10-7-6-9(2)12(8-10)16(18)19/h6-8,11H,3-5,14H2,1-2H3,(H,15,17)/t11-/m0/s1. The quantitative estimate of drug-likeness (QED) is 0.609. The van der Waals surface area contributed by atoms with Crippen LogP contribution in [0.4, 0.5) is 11.4 Å². The Morgan fingerprint density at radius 2 is 2.21 bits per heavy atom. The minimum absolute atomic E-state index is 0.0140. The van der Waals surface area contributed by atoms with Crippen molar-refractivity contribution in [2.45, 2.75) is 39.2 Å². The SMILES string of the molecule is CCCC[C@H](N)C(=O)Nc1ccc(C)c([N+](=O)[O-])c1. The van der Waals surface area contributed by atoms with Crippen molar-refractivity contribution in [2.24, 2.45) is 5.73 Å². The number of carbonyl (C=O) groups is 1. The van der Waals surface area contributed by atoms with Crippen LogP contribution in [0, 0.1) is 17.0 Å². The summed E-state index contributed by atoms with van der Waals surface area (Å²) in [6, 6.07) is 4.00. The third kappa shape index (κ3) is 4.33. The number of hydrogen-bond acceptors (Lipinski definition) is 4. The Kier molecular flexibility index (Phi) is 5.44. The molecule has 6 nitrogen and oxygen atoms in total. The largest absolute Gasteiger partial charge is 0.324 e. The molecule has 0 fully saturated rings. The van der Waals surface area contributed by atoms with Crippen molar-refractivity contribution in [3.63, 3.8) is 0 Å². The maximum absolute atomic E-state index is 11.8. The summed E-state index contributed by atoms with van der Waals surface area (Å²) in [5, 5.41) is 13.4. The first-order valence-corrected chi connectivity index (χ1v) is 6.27. The van der Waals surface area contributed by atoms with E-state index in [1.165, 1.54) is 6.07 Å². The second-order valence-electron chi connectivity index (χ2n) is 4.50. The van der Waals surface area contributed by atoms with E-state index in [0.717, 1.165) is 12.8 Å². The second kappa shape index (κ2) is 6.84. The van der Waals surface area contributed by atoms with Gasteiger partial charge in [0.1, 0.15) is 0 Å². The number of benzene rings is 1. The Morgan fingerprint density at radius 3 is 2.79 bits per heavy atom. The van der Waals surface area contributed by atoms with Gasteiger partial charge < -0.3 is 11.1 Å². The molecule has 1 amide bonds. The lowest BCUT2D eigenvalue weighted by molar-refractivity contribution is -0.385. The Labute approximate surface area is 112 Å². The molecule has 0 saturated carbocycles. The van der Waals surface area contributed by atoms with E-state index >= 15 is 0 Å². The number of nitrogens with two attached hydrogens (primary N) is 1. The third-order valence-electron chi connectivity index (χ3n) is 2.88. The summed E-state index contributed by atoms with van der Waals surface area (Å²) in [5.41, 5.74) is 6.67. The number of rotatable bonds is 6. The number of nitrogens with zero attached hydrogens (tertiary/aromatic N) is 1. The van der Waals surface area contributed by atoms with Crippen molar-refractivity contribution in [3.05, 3.63) is 33.9 Å². The lowest BCUT2D eigenvalue weighted by atomic mass is 10.1. The lowest BCUT2D eigenvalue weighted by Crippen LogP contribution is -2.35. The summed E-state index contributed by atoms with van der Waals surface area (Å²) in [5.74, 6) is -0.313. The molecule has 6 heteroatoms. The molecule has 0 spiro atoms. The summed E-state index contributed by atoms with van der Waals surface area (Å²) < 4.78 is 0. The molecule has 1 rings (SSSR count). The van der Waals surface area contributed by atoms with Gasteiger partial charge in [0.2, 0.25) is 5.91 Å². The molecule has 104 valence electrons. The predicted octanol–water partition coefficient (Wildman–Crippen LogP) is 2.36. The molecule has 0 aliphatic rings. The number of amides is 1. The number of carbonyl (C=O) groups excluding carboxylic acids is 1. The van der Waals surface area contributed by atoms with E-state index in [0.29, 0.717) is 17.7 Å². The highest BCUT2D eigenvalue weighted by atomic mass is 16.6. The van der Waals surface area contributed by atoms with E-state index < -0.39 is 11.0 Å². The predicted molar refractivity (Wildman–Crippen MR) is 74.0 cm³/mol. The van der Waals surface area contributed by atoms with Crippen LogP contribution in [0.1, 0.15) is 31.7 Å². The van der Waals surface area contributed by atoms with Gasteiger partial charge in [0.15, 0.2) is 0 Å². The average molecular weight is 265 g/mol. The summed E-state index contributed by atoms with van der Waals surface area (Å²) in [6.45, 7) is 3.67. The maximum Gasteiger partial charge on any atom is 0.274 e. The molecular weight excluding hydrogens is 246 g/mol. The number of aryl methyl sites for hydroxylation is 1. The normalized spacial score (nSPS) is 11.9. The monoisotopic (exact) mass is 265 g/mol. The number of nitrogens with one attached hydrogen (secondary N) is 1. The number of anilines is 1. The van der Waals surface area contributed by atoms with Gasteiger partial charge >= 0.3 is 0 Å². The zero-order valence-corrected chi connectivity index (χ0v) is 11.2. The van der Waals surface area contributed by atoms with Gasteiger partial charge in [0.05, 0.1) is 11.0 Å². The van der Waals surface area contributed by atoms with Crippen molar-refractivity contribution in [1.82, 2.24) is 0 Å². The van der Waals surface area contributed by atoms with Crippen LogP contribution in [0.2, 0.25) is 0 Å². The maximum atomic E-state index is 11.8. The molecule has 0 unspecified atom stereocenters. The van der Waals surface area contributed by atoms with E-state index in [2.05, 4.69) is 5.32 Å². The molecule has 0 radical (unpaired) electrons. The lowest BCUT2D eigenvalue weighted by Gasteiger charge is -2.11. The van der Waals surface area contributed by atoms with Crippen molar-refractivity contribution in [3.8, 4) is 0 Å². The van der Waals surface area contributed by atoms with E-state index in [4.69, 9.17) is 5.73 Å². The molecule has 0 aliphatic heterocycles. The van der Waals surface area contributed by atoms with Crippen LogP contribution in [0.3, 0.4) is 0 Å². The average Bonchev–Trinajstić information content (AvgIpc) is 2.37. The topological polar surface area (TPSA) is 98.3 Å². The van der Waals surface area contributed by atoms with Crippen LogP contribution in [-0.4, -0.2) is 16.9 Å². The van der Waals surface area contributed by atoms with E-state index in [1.54, 1.807) is 19.1 Å². The van der Waals surface area contributed by atoms with Crippen molar-refractivity contribution in [2.75, 3.05) is 5.32 Å². The number of nitro benzene ring substituents is 1. The van der Waals surface area contributed by atoms with Crippen LogP contribution < -0.4 is 11.1 Å². The van der Waals surface area contributed by atoms with Crippen molar-refractivity contribution in [1.29, 1.82) is 0 Å². The van der Waals surface area contributed by atoms with Gasteiger partial charge in [-0.3, -0.25) is 14.9 Å². The van der Waals surface area contributed by atoms with Crippen LogP contribution in [0.5, 0.6) is 0 Å². The molecule has 0 saturated heterocycles. The van der Waals surface area contributed by atoms with Gasteiger partial charge in [-0.15, -0.1) is 0 Å². The first-order valence-electron chi connectivity index (χ1n) is 6.27. The van der Waals surface area contributed by atoms with Gasteiger partial charge in [0.25, 0.3) is 5.69 Å². The molecule has 1 aromatic carbocycles. The fraction of sp³-hybridized carbons (Fsp3) is 0.462. The number of nitro groups is 1. The molecular formula is C13H19N3O3. The first-order chi connectivity index (χ1) is 8.95. The van der Waals surface area contributed by atoms with E-state index in [9.17, 15) is 14.9 Å². The number of unbranched alkanes of at least 4 members (excludes halogenated alkanes) is 1. The second-order valence-corrected chi connectivity index (χ2v) is 4.50. The number of hydrogen-bond donors (Lipinski definition) is 2.